The molecule has 1 unspecified atom stereocenters. The molecule has 2 rings (SSSR count). The predicted octanol–water partition coefficient (Wildman–Crippen LogP) is 2.27. The van der Waals surface area contributed by atoms with Gasteiger partial charge in [0.1, 0.15) is 5.75 Å². The van der Waals surface area contributed by atoms with Gasteiger partial charge in [-0.05, 0) is 50.8 Å². The van der Waals surface area contributed by atoms with Gasteiger partial charge in [0.2, 0.25) is 0 Å². The monoisotopic (exact) mass is 278 g/mol. The zero-order valence-electron chi connectivity index (χ0n) is 12.1. The molecule has 1 saturated heterocycles. The fourth-order valence-electron chi connectivity index (χ4n) is 2.91. The van der Waals surface area contributed by atoms with E-state index in [0.717, 1.165) is 43.9 Å². The number of aliphatic hydroxyl groups is 1. The molecule has 1 heterocycles. The summed E-state index contributed by atoms with van der Waals surface area (Å²) in [5.74, 6) is 0.850. The molecule has 3 N–H and O–H groups in total. The number of hydrogen-bond donors (Lipinski definition) is 2. The minimum Gasteiger partial charge on any atom is -0.493 e. The minimum absolute atomic E-state index is 0.308. The lowest BCUT2D eigenvalue weighted by molar-refractivity contribution is 0.199. The van der Waals surface area contributed by atoms with Crippen LogP contribution in [-0.4, -0.2) is 42.4 Å². The van der Waals surface area contributed by atoms with Crippen LogP contribution in [0.15, 0.2) is 24.3 Å². The summed E-state index contributed by atoms with van der Waals surface area (Å²) in [6.45, 7) is 3.31. The van der Waals surface area contributed by atoms with E-state index in [1.165, 1.54) is 19.4 Å². The number of nitrogens with zero attached hydrogens (tertiary/aromatic N) is 1. The number of ether oxygens (including phenoxy) is 1. The molecule has 1 aliphatic heterocycles. The molecule has 0 amide bonds. The Morgan fingerprint density at radius 1 is 1.35 bits per heavy atom. The minimum atomic E-state index is 0.308. The number of rotatable bonds is 8. The molecule has 4 heteroatoms. The van der Waals surface area contributed by atoms with Crippen molar-refractivity contribution in [2.24, 2.45) is 0 Å². The van der Waals surface area contributed by atoms with Crippen molar-refractivity contribution in [2.75, 3.05) is 32.0 Å². The summed E-state index contributed by atoms with van der Waals surface area (Å²) in [7, 11) is 0. The van der Waals surface area contributed by atoms with Crippen molar-refractivity contribution in [3.63, 3.8) is 0 Å². The Morgan fingerprint density at radius 3 is 3.05 bits per heavy atom. The molecule has 0 saturated carbocycles. The Kier molecular flexibility index (Phi) is 6.15. The van der Waals surface area contributed by atoms with Crippen LogP contribution < -0.4 is 10.5 Å². The van der Waals surface area contributed by atoms with Gasteiger partial charge in [0.25, 0.3) is 0 Å². The van der Waals surface area contributed by atoms with Gasteiger partial charge in [-0.25, -0.2) is 0 Å². The zero-order valence-corrected chi connectivity index (χ0v) is 12.1. The fraction of sp³-hybridized carbons (Fsp3) is 0.625. The van der Waals surface area contributed by atoms with E-state index in [9.17, 15) is 0 Å². The van der Waals surface area contributed by atoms with Crippen LogP contribution in [0.3, 0.4) is 0 Å². The quantitative estimate of drug-likeness (QED) is 0.566. The second-order valence-corrected chi connectivity index (χ2v) is 5.47. The van der Waals surface area contributed by atoms with Crippen LogP contribution >= 0.6 is 0 Å². The highest BCUT2D eigenvalue weighted by Gasteiger charge is 2.23. The van der Waals surface area contributed by atoms with E-state index < -0.39 is 0 Å². The molecule has 1 aromatic carbocycles. The summed E-state index contributed by atoms with van der Waals surface area (Å²) in [4.78, 5) is 2.54. The van der Waals surface area contributed by atoms with Crippen LogP contribution in [0.4, 0.5) is 5.69 Å². The summed E-state index contributed by atoms with van der Waals surface area (Å²) in [6, 6.07) is 8.24. The van der Waals surface area contributed by atoms with E-state index in [1.807, 2.05) is 24.3 Å². The summed E-state index contributed by atoms with van der Waals surface area (Å²) in [6.07, 6.45) is 5.63. The van der Waals surface area contributed by atoms with Gasteiger partial charge in [0.05, 0.1) is 6.61 Å². The van der Waals surface area contributed by atoms with E-state index in [4.69, 9.17) is 15.6 Å². The molecule has 0 radical (unpaired) electrons. The third kappa shape index (κ3) is 4.69. The summed E-state index contributed by atoms with van der Waals surface area (Å²) >= 11 is 0. The summed E-state index contributed by atoms with van der Waals surface area (Å²) < 4.78 is 5.72. The van der Waals surface area contributed by atoms with E-state index in [1.54, 1.807) is 0 Å². The second kappa shape index (κ2) is 8.12. The van der Waals surface area contributed by atoms with Gasteiger partial charge >= 0.3 is 0 Å². The van der Waals surface area contributed by atoms with Crippen molar-refractivity contribution in [2.45, 2.75) is 38.1 Å². The third-order valence-corrected chi connectivity index (χ3v) is 3.91. The first kappa shape index (κ1) is 15.1. The van der Waals surface area contributed by atoms with E-state index in [0.29, 0.717) is 12.6 Å². The normalized spacial score (nSPS) is 19.4. The largest absolute Gasteiger partial charge is 0.493 e. The molecular formula is C16H26N2O2. The van der Waals surface area contributed by atoms with Crippen LogP contribution in [0, 0.1) is 0 Å². The third-order valence-electron chi connectivity index (χ3n) is 3.91. The summed E-state index contributed by atoms with van der Waals surface area (Å²) in [5.41, 5.74) is 6.46. The molecule has 1 fully saturated rings. The molecule has 20 heavy (non-hydrogen) atoms. The first-order valence-corrected chi connectivity index (χ1v) is 7.63. The topological polar surface area (TPSA) is 58.7 Å². The average Bonchev–Trinajstić information content (AvgIpc) is 2.89. The first-order valence-electron chi connectivity index (χ1n) is 7.63. The van der Waals surface area contributed by atoms with Gasteiger partial charge in [0, 0.05) is 30.9 Å². The highest BCUT2D eigenvalue weighted by Crippen LogP contribution is 2.21. The van der Waals surface area contributed by atoms with Gasteiger partial charge < -0.3 is 20.5 Å². The number of anilines is 1. The molecule has 4 nitrogen and oxygen atoms in total. The average molecular weight is 278 g/mol. The number of nitrogen functional groups attached to an aromatic ring is 1. The lowest BCUT2D eigenvalue weighted by Gasteiger charge is -2.24. The summed E-state index contributed by atoms with van der Waals surface area (Å²) in [5, 5.41) is 8.93. The predicted molar refractivity (Wildman–Crippen MR) is 81.9 cm³/mol. The Balaban J connectivity index is 1.65. The van der Waals surface area contributed by atoms with Crippen molar-refractivity contribution >= 4 is 5.69 Å². The number of aliphatic hydroxyl groups excluding tert-OH is 1. The van der Waals surface area contributed by atoms with Gasteiger partial charge in [-0.1, -0.05) is 6.07 Å². The van der Waals surface area contributed by atoms with Crippen LogP contribution in [0.25, 0.3) is 0 Å². The van der Waals surface area contributed by atoms with E-state index in [2.05, 4.69) is 4.90 Å². The van der Waals surface area contributed by atoms with Gasteiger partial charge in [-0.15, -0.1) is 0 Å². The number of nitrogens with two attached hydrogens (primary N) is 1. The molecule has 0 spiro atoms. The first-order chi connectivity index (χ1) is 9.79. The van der Waals surface area contributed by atoms with Gasteiger partial charge in [-0.3, -0.25) is 0 Å². The van der Waals surface area contributed by atoms with E-state index >= 15 is 0 Å². The maximum absolute atomic E-state index is 8.93. The van der Waals surface area contributed by atoms with Gasteiger partial charge in [0.15, 0.2) is 0 Å². The Morgan fingerprint density at radius 2 is 2.25 bits per heavy atom. The Hall–Kier alpha value is -1.26. The van der Waals surface area contributed by atoms with Crippen molar-refractivity contribution < 1.29 is 9.84 Å². The Bertz CT molecular complexity index is 398. The SMILES string of the molecule is Nc1cccc(OCCCN2CCCC2CCCO)c1. The number of likely N-dealkylation sites (tertiary alicyclic amines) is 1. The number of hydrogen-bond acceptors (Lipinski definition) is 4. The molecule has 1 aromatic rings. The molecule has 0 aliphatic carbocycles. The molecule has 1 atom stereocenters. The zero-order chi connectivity index (χ0) is 14.2. The van der Waals surface area contributed by atoms with Gasteiger partial charge in [-0.2, -0.15) is 0 Å². The standard InChI is InChI=1S/C16H26N2O2/c17-14-5-1-8-16(13-14)20-12-4-10-18-9-2-6-15(18)7-3-11-19/h1,5,8,13,15,19H,2-4,6-7,9-12,17H2. The lowest BCUT2D eigenvalue weighted by Crippen LogP contribution is -2.31. The van der Waals surface area contributed by atoms with E-state index in [-0.39, 0.29) is 0 Å². The highest BCUT2D eigenvalue weighted by molar-refractivity contribution is 5.43. The Labute approximate surface area is 121 Å². The fourth-order valence-corrected chi connectivity index (χ4v) is 2.91. The van der Waals surface area contributed by atoms with Crippen LogP contribution in [0.1, 0.15) is 32.1 Å². The number of benzene rings is 1. The van der Waals surface area contributed by atoms with Crippen molar-refractivity contribution in [3.05, 3.63) is 24.3 Å². The van der Waals surface area contributed by atoms with Crippen LogP contribution in [-0.2, 0) is 0 Å². The lowest BCUT2D eigenvalue weighted by atomic mass is 10.1. The smallest absolute Gasteiger partial charge is 0.121 e. The van der Waals surface area contributed by atoms with Crippen LogP contribution in [0.5, 0.6) is 5.75 Å². The van der Waals surface area contributed by atoms with Crippen molar-refractivity contribution in [1.82, 2.24) is 4.90 Å². The molecule has 0 aromatic heterocycles. The maximum atomic E-state index is 8.93. The van der Waals surface area contributed by atoms with Crippen molar-refractivity contribution in [1.29, 1.82) is 0 Å². The van der Waals surface area contributed by atoms with Crippen LogP contribution in [0.2, 0.25) is 0 Å². The highest BCUT2D eigenvalue weighted by atomic mass is 16.5. The molecule has 1 aliphatic rings. The molecule has 0 bridgehead atoms. The van der Waals surface area contributed by atoms with Crippen molar-refractivity contribution in [3.8, 4) is 5.75 Å². The molecular weight excluding hydrogens is 252 g/mol. The maximum Gasteiger partial charge on any atom is 0.121 e. The molecule has 112 valence electrons. The second-order valence-electron chi connectivity index (χ2n) is 5.47.